The number of hydrogen-bond donors (Lipinski definition) is 4. The summed E-state index contributed by atoms with van der Waals surface area (Å²) in [4.78, 5) is 48.9. The van der Waals surface area contributed by atoms with E-state index in [1.807, 2.05) is 18.2 Å². The molecule has 0 saturated carbocycles. The number of aromatic nitrogens is 4. The third-order valence-electron chi connectivity index (χ3n) is 5.75. The van der Waals surface area contributed by atoms with Crippen molar-refractivity contribution in [1.29, 1.82) is 0 Å². The van der Waals surface area contributed by atoms with E-state index in [9.17, 15) is 14.4 Å². The molecule has 0 spiro atoms. The smallest absolute Gasteiger partial charge is 0.324 e. The summed E-state index contributed by atoms with van der Waals surface area (Å²) in [6.07, 6.45) is 1.30. The molecule has 5 rings (SSSR count). The summed E-state index contributed by atoms with van der Waals surface area (Å²) in [6, 6.07) is 8.15. The largest absolute Gasteiger partial charge is 0.457 e. The van der Waals surface area contributed by atoms with Crippen LogP contribution in [0.5, 0.6) is 0 Å². The van der Waals surface area contributed by atoms with Gasteiger partial charge in [0.15, 0.2) is 29.3 Å². The lowest BCUT2D eigenvalue weighted by Gasteiger charge is -2.19. The summed E-state index contributed by atoms with van der Waals surface area (Å²) < 4.78 is 13.3. The maximum absolute atomic E-state index is 12.4. The van der Waals surface area contributed by atoms with Crippen molar-refractivity contribution in [1.82, 2.24) is 30.2 Å². The minimum Gasteiger partial charge on any atom is -0.457 e. The standard InChI is InChI=1S/C21H22N8O5/c1-22-20(31)23-8-13-12-7-14(30)34-16(12)19(33-13)29-10-26-15-17(24-9-25-18(15)29)28-21(32)27-11-5-3-2-4-6-11/h2-6,9-10,12-13,16,19H,7-8H2,1H3,(H2,22,23,31)(H2,24,25,27,28,32). The summed E-state index contributed by atoms with van der Waals surface area (Å²) in [7, 11) is 1.52. The number of fused-ring (bicyclic) bond motifs is 2. The van der Waals surface area contributed by atoms with Gasteiger partial charge >= 0.3 is 18.0 Å². The van der Waals surface area contributed by atoms with Crippen LogP contribution < -0.4 is 21.3 Å². The van der Waals surface area contributed by atoms with E-state index in [4.69, 9.17) is 9.47 Å². The van der Waals surface area contributed by atoms with Crippen LogP contribution in [0, 0.1) is 5.92 Å². The van der Waals surface area contributed by atoms with Gasteiger partial charge in [-0.2, -0.15) is 0 Å². The topological polar surface area (TPSA) is 161 Å². The number of ether oxygens (including phenoxy) is 2. The predicted molar refractivity (Wildman–Crippen MR) is 119 cm³/mol. The van der Waals surface area contributed by atoms with Gasteiger partial charge in [-0.3, -0.25) is 14.7 Å². The van der Waals surface area contributed by atoms with Gasteiger partial charge in [-0.15, -0.1) is 0 Å². The number of para-hydroxylation sites is 1. The highest BCUT2D eigenvalue weighted by atomic mass is 16.6. The van der Waals surface area contributed by atoms with Gasteiger partial charge in [-0.1, -0.05) is 18.2 Å². The van der Waals surface area contributed by atoms with Crippen LogP contribution in [0.1, 0.15) is 12.6 Å². The first kappa shape index (κ1) is 21.6. The SMILES string of the molecule is CNC(=O)NCC1OC(n2cnc3c(NC(=O)Nc4ccccc4)ncnc32)C2OC(=O)CC12. The highest BCUT2D eigenvalue weighted by Crippen LogP contribution is 2.43. The Morgan fingerprint density at radius 3 is 2.74 bits per heavy atom. The van der Waals surface area contributed by atoms with E-state index in [0.717, 1.165) is 0 Å². The monoisotopic (exact) mass is 466 g/mol. The number of imidazole rings is 1. The summed E-state index contributed by atoms with van der Waals surface area (Å²) in [6.45, 7) is 0.210. The van der Waals surface area contributed by atoms with Crippen molar-refractivity contribution in [2.75, 3.05) is 24.2 Å². The highest BCUT2D eigenvalue weighted by Gasteiger charge is 2.53. The van der Waals surface area contributed by atoms with Crippen LogP contribution in [0.4, 0.5) is 21.1 Å². The van der Waals surface area contributed by atoms with E-state index in [2.05, 4.69) is 36.2 Å². The van der Waals surface area contributed by atoms with Crippen molar-refractivity contribution < 1.29 is 23.9 Å². The average Bonchev–Trinajstić information content (AvgIpc) is 3.52. The molecule has 2 aromatic heterocycles. The Hall–Kier alpha value is -4.26. The van der Waals surface area contributed by atoms with Crippen LogP contribution in [-0.2, 0) is 14.3 Å². The van der Waals surface area contributed by atoms with Crippen LogP contribution in [0.2, 0.25) is 0 Å². The van der Waals surface area contributed by atoms with E-state index in [-0.39, 0.29) is 36.7 Å². The summed E-state index contributed by atoms with van der Waals surface area (Å²) >= 11 is 0. The Bertz CT molecular complexity index is 1230. The molecule has 34 heavy (non-hydrogen) atoms. The number of urea groups is 2. The zero-order chi connectivity index (χ0) is 23.7. The normalized spacial score (nSPS) is 23.3. The minimum atomic E-state index is -0.696. The van der Waals surface area contributed by atoms with E-state index < -0.39 is 24.5 Å². The van der Waals surface area contributed by atoms with Crippen LogP contribution in [0.25, 0.3) is 11.2 Å². The molecular weight excluding hydrogens is 444 g/mol. The molecule has 2 aliphatic rings. The molecule has 4 heterocycles. The molecule has 2 saturated heterocycles. The van der Waals surface area contributed by atoms with E-state index in [1.165, 1.54) is 19.7 Å². The first-order valence-electron chi connectivity index (χ1n) is 10.6. The lowest BCUT2D eigenvalue weighted by atomic mass is 9.97. The van der Waals surface area contributed by atoms with Crippen LogP contribution >= 0.6 is 0 Å². The van der Waals surface area contributed by atoms with Gasteiger partial charge in [0.2, 0.25) is 0 Å². The number of rotatable bonds is 5. The number of esters is 1. The van der Waals surface area contributed by atoms with Gasteiger partial charge in [0, 0.05) is 25.2 Å². The Morgan fingerprint density at radius 2 is 1.94 bits per heavy atom. The van der Waals surface area contributed by atoms with Gasteiger partial charge in [0.1, 0.15) is 6.33 Å². The van der Waals surface area contributed by atoms with Crippen LogP contribution in [0.15, 0.2) is 43.0 Å². The second kappa shape index (κ2) is 8.94. The van der Waals surface area contributed by atoms with Crippen molar-refractivity contribution >= 4 is 40.7 Å². The molecule has 0 radical (unpaired) electrons. The molecule has 13 nitrogen and oxygen atoms in total. The fourth-order valence-electron chi connectivity index (χ4n) is 4.19. The number of benzene rings is 1. The number of carbonyl (C=O) groups is 3. The van der Waals surface area contributed by atoms with Crippen LogP contribution in [0.3, 0.4) is 0 Å². The molecule has 4 atom stereocenters. The Kier molecular flexibility index (Phi) is 5.67. The molecule has 3 aromatic rings. The lowest BCUT2D eigenvalue weighted by Crippen LogP contribution is -2.40. The van der Waals surface area contributed by atoms with Gasteiger partial charge in [-0.05, 0) is 12.1 Å². The number of anilines is 2. The average molecular weight is 466 g/mol. The summed E-state index contributed by atoms with van der Waals surface area (Å²) in [5, 5.41) is 10.6. The zero-order valence-electron chi connectivity index (χ0n) is 18.1. The molecule has 2 fully saturated rings. The van der Waals surface area contributed by atoms with Gasteiger partial charge in [0.25, 0.3) is 0 Å². The third kappa shape index (κ3) is 4.08. The van der Waals surface area contributed by atoms with Crippen molar-refractivity contribution in [3.05, 3.63) is 43.0 Å². The van der Waals surface area contributed by atoms with Crippen molar-refractivity contribution in [3.8, 4) is 0 Å². The molecule has 0 bridgehead atoms. The molecule has 0 aliphatic carbocycles. The predicted octanol–water partition coefficient (Wildman–Crippen LogP) is 1.23. The number of amides is 4. The summed E-state index contributed by atoms with van der Waals surface area (Å²) in [5.74, 6) is -0.344. The molecule has 1 aromatic carbocycles. The molecule has 13 heteroatoms. The lowest BCUT2D eigenvalue weighted by molar-refractivity contribution is -0.148. The highest BCUT2D eigenvalue weighted by molar-refractivity contribution is 6.02. The van der Waals surface area contributed by atoms with Crippen molar-refractivity contribution in [2.45, 2.75) is 24.9 Å². The Morgan fingerprint density at radius 1 is 1.12 bits per heavy atom. The van der Waals surface area contributed by atoms with Gasteiger partial charge < -0.3 is 25.4 Å². The maximum Gasteiger partial charge on any atom is 0.324 e. The van der Waals surface area contributed by atoms with Crippen molar-refractivity contribution in [2.24, 2.45) is 5.92 Å². The third-order valence-corrected chi connectivity index (χ3v) is 5.75. The quantitative estimate of drug-likeness (QED) is 0.408. The van der Waals surface area contributed by atoms with E-state index in [1.54, 1.807) is 16.7 Å². The number of nitrogens with one attached hydrogen (secondary N) is 4. The molecule has 176 valence electrons. The Labute approximate surface area is 193 Å². The fourth-order valence-corrected chi connectivity index (χ4v) is 4.19. The first-order chi connectivity index (χ1) is 16.5. The first-order valence-corrected chi connectivity index (χ1v) is 10.6. The van der Waals surface area contributed by atoms with E-state index in [0.29, 0.717) is 16.9 Å². The second-order valence-electron chi connectivity index (χ2n) is 7.84. The minimum absolute atomic E-state index is 0.190. The van der Waals surface area contributed by atoms with Gasteiger partial charge in [0.05, 0.1) is 18.9 Å². The number of nitrogens with zero attached hydrogens (tertiary/aromatic N) is 4. The van der Waals surface area contributed by atoms with E-state index >= 15 is 0 Å². The maximum atomic E-state index is 12.4. The van der Waals surface area contributed by atoms with Crippen LogP contribution in [-0.4, -0.2) is 63.4 Å². The molecule has 4 N–H and O–H groups in total. The number of hydrogen-bond acceptors (Lipinski definition) is 8. The summed E-state index contributed by atoms with van der Waals surface area (Å²) in [5.41, 5.74) is 1.37. The zero-order valence-corrected chi connectivity index (χ0v) is 18.1. The fraction of sp³-hybridized carbons (Fsp3) is 0.333. The molecule has 2 aliphatic heterocycles. The van der Waals surface area contributed by atoms with Crippen molar-refractivity contribution in [3.63, 3.8) is 0 Å². The number of carbonyl (C=O) groups excluding carboxylic acids is 3. The van der Waals surface area contributed by atoms with Gasteiger partial charge in [-0.25, -0.2) is 24.5 Å². The Balaban J connectivity index is 1.37. The molecular formula is C21H22N8O5. The second-order valence-corrected chi connectivity index (χ2v) is 7.84. The molecule has 4 amide bonds. The molecule has 4 unspecified atom stereocenters.